The number of amides is 2. The number of alkyl halides is 2. The van der Waals surface area contributed by atoms with Gasteiger partial charge in [0.1, 0.15) is 11.5 Å². The number of carbonyl (C=O) groups is 2. The summed E-state index contributed by atoms with van der Waals surface area (Å²) in [6, 6.07) is 3.26. The van der Waals surface area contributed by atoms with E-state index < -0.39 is 35.1 Å². The number of benzene rings is 1. The first-order chi connectivity index (χ1) is 20.1. The van der Waals surface area contributed by atoms with Crippen molar-refractivity contribution in [1.29, 1.82) is 0 Å². The maximum absolute atomic E-state index is 14.9. The zero-order chi connectivity index (χ0) is 29.7. The fourth-order valence-corrected chi connectivity index (χ4v) is 5.06. The Labute approximate surface area is 240 Å². The number of rotatable bonds is 7. The number of nitrogens with one attached hydrogen (secondary N) is 1. The second-order valence-electron chi connectivity index (χ2n) is 9.84. The van der Waals surface area contributed by atoms with Crippen molar-refractivity contribution in [2.75, 3.05) is 16.8 Å². The van der Waals surface area contributed by atoms with Crippen LogP contribution < -0.4 is 10.2 Å². The van der Waals surface area contributed by atoms with Gasteiger partial charge in [-0.2, -0.15) is 5.10 Å². The fraction of sp³-hybridized carbons (Fsp3) is 0.214. The second kappa shape index (κ2) is 10.6. The third kappa shape index (κ3) is 4.89. The molecule has 4 aromatic rings. The van der Waals surface area contributed by atoms with Crippen LogP contribution in [0.25, 0.3) is 11.3 Å². The minimum absolute atomic E-state index is 0.0680. The fourth-order valence-electron chi connectivity index (χ4n) is 4.90. The Kier molecular flexibility index (Phi) is 6.97. The van der Waals surface area contributed by atoms with E-state index >= 15 is 0 Å². The summed E-state index contributed by atoms with van der Waals surface area (Å²) >= 11 is 5.80. The molecule has 9 nitrogen and oxygen atoms in total. The first-order valence-corrected chi connectivity index (χ1v) is 13.1. The molecule has 2 atom stereocenters. The average Bonchev–Trinajstić information content (AvgIpc) is 3.46. The van der Waals surface area contributed by atoms with Crippen molar-refractivity contribution in [2.24, 2.45) is 11.8 Å². The summed E-state index contributed by atoms with van der Waals surface area (Å²) in [4.78, 5) is 39.3. The van der Waals surface area contributed by atoms with Crippen molar-refractivity contribution in [1.82, 2.24) is 24.7 Å². The molecule has 0 bridgehead atoms. The third-order valence-electron chi connectivity index (χ3n) is 7.18. The summed E-state index contributed by atoms with van der Waals surface area (Å²) in [6.07, 6.45) is 6.03. The maximum atomic E-state index is 14.9. The molecule has 14 heteroatoms. The maximum Gasteiger partial charge on any atom is 0.276 e. The Bertz CT molecular complexity index is 1780. The zero-order valence-corrected chi connectivity index (χ0v) is 22.5. The van der Waals surface area contributed by atoms with E-state index in [2.05, 4.69) is 25.4 Å². The van der Waals surface area contributed by atoms with Crippen LogP contribution in [0.5, 0.6) is 0 Å². The standard InChI is InChI=1S/C28H20ClF4N7O2/c1-13-25(38-21(9-34-13)23-18(26(32)33)4-5-19(29)24(23)31)27(41)37-15-7-36-39(11-15)12-22-20(30)6-16(8-35-22)40-10-14-2-3-17(14)28(40)42/h2-9,11,14,17,26H,10,12H2,1H3,(H,37,41)/t14-,17-/m1/s1. The Balaban J connectivity index is 1.18. The molecule has 1 N–H and O–H groups in total. The summed E-state index contributed by atoms with van der Waals surface area (Å²) < 4.78 is 58.1. The van der Waals surface area contributed by atoms with Gasteiger partial charge in [0.2, 0.25) is 5.91 Å². The van der Waals surface area contributed by atoms with Crippen LogP contribution in [0.3, 0.4) is 0 Å². The number of anilines is 2. The number of fused-ring (bicyclic) bond motifs is 1. The van der Waals surface area contributed by atoms with E-state index in [9.17, 15) is 27.2 Å². The lowest BCUT2D eigenvalue weighted by atomic mass is 9.85. The van der Waals surface area contributed by atoms with Crippen LogP contribution in [0.4, 0.5) is 28.9 Å². The lowest BCUT2D eigenvalue weighted by Crippen LogP contribution is -2.27. The van der Waals surface area contributed by atoms with Crippen molar-refractivity contribution >= 4 is 34.8 Å². The molecule has 0 spiro atoms. The van der Waals surface area contributed by atoms with Crippen molar-refractivity contribution < 1.29 is 27.2 Å². The van der Waals surface area contributed by atoms with E-state index in [4.69, 9.17) is 11.6 Å². The number of aromatic nitrogens is 5. The minimum Gasteiger partial charge on any atom is -0.318 e. The third-order valence-corrected chi connectivity index (χ3v) is 7.47. The molecule has 1 fully saturated rings. The molecule has 214 valence electrons. The molecule has 2 aliphatic rings. The number of aryl methyl sites for hydroxylation is 1. The van der Waals surface area contributed by atoms with Gasteiger partial charge in [-0.1, -0.05) is 29.8 Å². The van der Waals surface area contributed by atoms with Gasteiger partial charge in [-0.05, 0) is 13.0 Å². The summed E-state index contributed by atoms with van der Waals surface area (Å²) in [6.45, 7) is 1.89. The van der Waals surface area contributed by atoms with Gasteiger partial charge in [0.25, 0.3) is 12.3 Å². The van der Waals surface area contributed by atoms with Gasteiger partial charge in [0.05, 0.1) is 64.5 Å². The van der Waals surface area contributed by atoms with Crippen LogP contribution in [0.15, 0.2) is 55.1 Å². The molecule has 1 aromatic carbocycles. The Morgan fingerprint density at radius 1 is 1.17 bits per heavy atom. The molecule has 42 heavy (non-hydrogen) atoms. The number of hydrogen-bond donors (Lipinski definition) is 1. The molecule has 3 aromatic heterocycles. The molecule has 0 radical (unpaired) electrons. The van der Waals surface area contributed by atoms with Gasteiger partial charge < -0.3 is 10.2 Å². The molecule has 1 saturated heterocycles. The second-order valence-corrected chi connectivity index (χ2v) is 10.2. The number of nitrogens with zero attached hydrogens (tertiary/aromatic N) is 6. The normalized spacial score (nSPS) is 17.5. The summed E-state index contributed by atoms with van der Waals surface area (Å²) in [5, 5.41) is 6.30. The Hall–Kier alpha value is -4.65. The molecular formula is C28H20ClF4N7O2. The van der Waals surface area contributed by atoms with Gasteiger partial charge in [0.15, 0.2) is 5.82 Å². The van der Waals surface area contributed by atoms with E-state index in [0.717, 1.165) is 18.3 Å². The molecule has 4 heterocycles. The van der Waals surface area contributed by atoms with E-state index in [0.29, 0.717) is 12.2 Å². The molecule has 6 rings (SSSR count). The van der Waals surface area contributed by atoms with Gasteiger partial charge in [-0.3, -0.25) is 24.2 Å². The van der Waals surface area contributed by atoms with E-state index in [1.165, 1.54) is 41.2 Å². The molecule has 1 aliphatic carbocycles. The van der Waals surface area contributed by atoms with Crippen molar-refractivity contribution in [2.45, 2.75) is 19.9 Å². The highest BCUT2D eigenvalue weighted by molar-refractivity contribution is 6.31. The lowest BCUT2D eigenvalue weighted by Gasteiger charge is -2.16. The number of halogens is 5. The summed E-state index contributed by atoms with van der Waals surface area (Å²) in [5.41, 5.74) is -0.890. The Morgan fingerprint density at radius 3 is 2.64 bits per heavy atom. The zero-order valence-electron chi connectivity index (χ0n) is 21.7. The minimum atomic E-state index is -3.02. The average molecular weight is 598 g/mol. The largest absolute Gasteiger partial charge is 0.318 e. The number of carbonyl (C=O) groups excluding carboxylic acids is 2. The van der Waals surface area contributed by atoms with Crippen LogP contribution in [-0.2, 0) is 11.3 Å². The van der Waals surface area contributed by atoms with Gasteiger partial charge in [-0.15, -0.1) is 0 Å². The van der Waals surface area contributed by atoms with Crippen molar-refractivity contribution in [3.05, 3.63) is 94.4 Å². The highest BCUT2D eigenvalue weighted by atomic mass is 35.5. The highest BCUT2D eigenvalue weighted by Gasteiger charge is 2.42. The molecule has 1 aliphatic heterocycles. The van der Waals surface area contributed by atoms with Gasteiger partial charge >= 0.3 is 0 Å². The van der Waals surface area contributed by atoms with Crippen LogP contribution >= 0.6 is 11.6 Å². The molecule has 2 amide bonds. The monoisotopic (exact) mass is 597 g/mol. The van der Waals surface area contributed by atoms with E-state index in [1.54, 1.807) is 0 Å². The predicted molar refractivity (Wildman–Crippen MR) is 144 cm³/mol. The SMILES string of the molecule is Cc1ncc(-c2c(C(F)F)ccc(Cl)c2F)nc1C(=O)Nc1cnn(Cc2ncc(N3C[C@H]4C=C[C@H]4C3=O)cc2F)c1. The lowest BCUT2D eigenvalue weighted by molar-refractivity contribution is -0.119. The molecule has 0 saturated carbocycles. The first-order valence-electron chi connectivity index (χ1n) is 12.7. The summed E-state index contributed by atoms with van der Waals surface area (Å²) in [7, 11) is 0. The quantitative estimate of drug-likeness (QED) is 0.227. The smallest absolute Gasteiger partial charge is 0.276 e. The topological polar surface area (TPSA) is 106 Å². The van der Waals surface area contributed by atoms with Crippen LogP contribution in [0.1, 0.15) is 33.9 Å². The molecule has 0 unspecified atom stereocenters. The highest BCUT2D eigenvalue weighted by Crippen LogP contribution is 2.38. The van der Waals surface area contributed by atoms with Crippen molar-refractivity contribution in [3.8, 4) is 11.3 Å². The van der Waals surface area contributed by atoms with Crippen LogP contribution in [-0.4, -0.2) is 43.1 Å². The Morgan fingerprint density at radius 2 is 1.98 bits per heavy atom. The van der Waals surface area contributed by atoms with Gasteiger partial charge in [-0.25, -0.2) is 22.5 Å². The van der Waals surface area contributed by atoms with E-state index in [-0.39, 0.29) is 57.8 Å². The first kappa shape index (κ1) is 27.5. The van der Waals surface area contributed by atoms with Crippen molar-refractivity contribution in [3.63, 3.8) is 0 Å². The molecular weight excluding hydrogens is 578 g/mol. The van der Waals surface area contributed by atoms with Gasteiger partial charge in [0, 0.05) is 35.9 Å². The van der Waals surface area contributed by atoms with Crippen LogP contribution in [0.2, 0.25) is 5.02 Å². The van der Waals surface area contributed by atoms with E-state index in [1.807, 2.05) is 12.2 Å². The number of hydrogen-bond acceptors (Lipinski definition) is 6. The van der Waals surface area contributed by atoms with Crippen LogP contribution in [0, 0.1) is 30.4 Å². The summed E-state index contributed by atoms with van der Waals surface area (Å²) in [5.74, 6) is -2.58. The number of pyridine rings is 1. The predicted octanol–water partition coefficient (Wildman–Crippen LogP) is 5.36.